The summed E-state index contributed by atoms with van der Waals surface area (Å²) in [4.78, 5) is 32.1. The van der Waals surface area contributed by atoms with E-state index >= 15 is 0 Å². The topological polar surface area (TPSA) is 77.5 Å². The molecule has 3 aliphatic rings. The molecule has 0 radical (unpaired) electrons. The van der Waals surface area contributed by atoms with E-state index in [-0.39, 0.29) is 49.7 Å². The van der Waals surface area contributed by atoms with Crippen LogP contribution in [0.5, 0.6) is 17.2 Å². The van der Waals surface area contributed by atoms with Crippen molar-refractivity contribution in [1.82, 2.24) is 9.80 Å². The highest BCUT2D eigenvalue weighted by atomic mass is 32.1. The van der Waals surface area contributed by atoms with E-state index in [9.17, 15) is 14.0 Å². The molecule has 8 nitrogen and oxygen atoms in total. The predicted octanol–water partition coefficient (Wildman–Crippen LogP) is 4.44. The Morgan fingerprint density at radius 1 is 1.10 bits per heavy atom. The summed E-state index contributed by atoms with van der Waals surface area (Å²) in [6.07, 6.45) is 2.40. The molecule has 0 unspecified atom stereocenters. The van der Waals surface area contributed by atoms with Crippen LogP contribution in [0.25, 0.3) is 0 Å². The minimum atomic E-state index is -0.338. The molecule has 0 saturated carbocycles. The molecule has 0 bridgehead atoms. The van der Waals surface area contributed by atoms with Crippen molar-refractivity contribution < 1.29 is 32.9 Å². The Morgan fingerprint density at radius 3 is 2.77 bits per heavy atom. The SMILES string of the molecule is O=C(c1ccc2c(c1)OCO2)N(CC(=O)N1CCc2sccc2[C@H]1COc1ccc(F)cc1)C[C@@H]1CCCO1. The molecule has 2 aromatic carbocycles. The van der Waals surface area contributed by atoms with Gasteiger partial charge >= 0.3 is 0 Å². The number of benzene rings is 2. The number of hydrogen-bond donors (Lipinski definition) is 0. The van der Waals surface area contributed by atoms with Crippen LogP contribution in [0.15, 0.2) is 53.9 Å². The number of carbonyl (C=O) groups is 2. The molecule has 2 atom stereocenters. The normalized spacial score (nSPS) is 19.6. The summed E-state index contributed by atoms with van der Waals surface area (Å²) in [6.45, 7) is 1.76. The predicted molar refractivity (Wildman–Crippen MR) is 142 cm³/mol. The fraction of sp³-hybridized carbons (Fsp3) is 0.379. The third-order valence-electron chi connectivity index (χ3n) is 7.32. The zero-order valence-electron chi connectivity index (χ0n) is 21.3. The van der Waals surface area contributed by atoms with E-state index in [1.807, 2.05) is 11.4 Å². The summed E-state index contributed by atoms with van der Waals surface area (Å²) in [6, 6.07) is 12.6. The molecule has 39 heavy (non-hydrogen) atoms. The standard InChI is InChI=1S/C29H29FN2O6S/c30-20-4-6-21(7-5-20)36-17-24-23-10-13-39-27(23)9-11-32(24)28(33)16-31(15-22-2-1-12-35-22)29(34)19-3-8-25-26(14-19)38-18-37-25/h3-8,10,13-14,22,24H,1-2,9,11-12,15-18H2/t22-,24+/m0/s1. The molecule has 3 aromatic rings. The second-order valence-electron chi connectivity index (χ2n) is 9.81. The van der Waals surface area contributed by atoms with E-state index in [1.165, 1.54) is 17.0 Å². The Hall–Kier alpha value is -3.63. The minimum Gasteiger partial charge on any atom is -0.491 e. The van der Waals surface area contributed by atoms with Gasteiger partial charge in [0.2, 0.25) is 12.7 Å². The maximum absolute atomic E-state index is 13.8. The lowest BCUT2D eigenvalue weighted by Crippen LogP contribution is -2.49. The van der Waals surface area contributed by atoms with Crippen LogP contribution in [0.3, 0.4) is 0 Å². The van der Waals surface area contributed by atoms with Crippen LogP contribution >= 0.6 is 11.3 Å². The van der Waals surface area contributed by atoms with E-state index in [4.69, 9.17) is 18.9 Å². The number of rotatable bonds is 8. The van der Waals surface area contributed by atoms with E-state index < -0.39 is 0 Å². The Morgan fingerprint density at radius 2 is 1.95 bits per heavy atom. The van der Waals surface area contributed by atoms with Crippen LogP contribution in [0.2, 0.25) is 0 Å². The van der Waals surface area contributed by atoms with Crippen LogP contribution in [-0.4, -0.2) is 67.4 Å². The average Bonchev–Trinajstić information content (AvgIpc) is 3.73. The van der Waals surface area contributed by atoms with Crippen molar-refractivity contribution in [3.05, 3.63) is 75.7 Å². The van der Waals surface area contributed by atoms with Crippen LogP contribution < -0.4 is 14.2 Å². The Labute approximate surface area is 229 Å². The van der Waals surface area contributed by atoms with Gasteiger partial charge in [0.15, 0.2) is 11.5 Å². The Bertz CT molecular complexity index is 1340. The molecule has 2 amide bonds. The smallest absolute Gasteiger partial charge is 0.254 e. The lowest BCUT2D eigenvalue weighted by molar-refractivity contribution is -0.135. The third kappa shape index (κ3) is 5.58. The van der Waals surface area contributed by atoms with Gasteiger partial charge in [0.05, 0.1) is 12.1 Å². The van der Waals surface area contributed by atoms with Crippen molar-refractivity contribution in [2.45, 2.75) is 31.4 Å². The van der Waals surface area contributed by atoms with E-state index in [1.54, 1.807) is 51.5 Å². The minimum absolute atomic E-state index is 0.0837. The van der Waals surface area contributed by atoms with Crippen LogP contribution in [0.1, 0.15) is 39.7 Å². The zero-order chi connectivity index (χ0) is 26.8. The number of ether oxygens (including phenoxy) is 4. The van der Waals surface area contributed by atoms with E-state index in [2.05, 4.69) is 0 Å². The molecule has 6 rings (SSSR count). The highest BCUT2D eigenvalue weighted by Crippen LogP contribution is 2.35. The van der Waals surface area contributed by atoms with Gasteiger partial charge in [-0.1, -0.05) is 0 Å². The van der Waals surface area contributed by atoms with Gasteiger partial charge in [-0.2, -0.15) is 0 Å². The first-order valence-electron chi connectivity index (χ1n) is 13.1. The average molecular weight is 553 g/mol. The lowest BCUT2D eigenvalue weighted by Gasteiger charge is -2.37. The highest BCUT2D eigenvalue weighted by Gasteiger charge is 2.35. The van der Waals surface area contributed by atoms with Gasteiger partial charge in [0.1, 0.15) is 24.7 Å². The summed E-state index contributed by atoms with van der Waals surface area (Å²) < 4.78 is 36.0. The maximum Gasteiger partial charge on any atom is 0.254 e. The molecule has 0 spiro atoms. The molecule has 4 heterocycles. The highest BCUT2D eigenvalue weighted by molar-refractivity contribution is 7.10. The third-order valence-corrected chi connectivity index (χ3v) is 8.31. The largest absolute Gasteiger partial charge is 0.491 e. The summed E-state index contributed by atoms with van der Waals surface area (Å²) in [5.41, 5.74) is 1.48. The Kier molecular flexibility index (Phi) is 7.38. The molecule has 3 aliphatic heterocycles. The monoisotopic (exact) mass is 552 g/mol. The molecular weight excluding hydrogens is 523 g/mol. The van der Waals surface area contributed by atoms with Crippen molar-refractivity contribution in [1.29, 1.82) is 0 Å². The van der Waals surface area contributed by atoms with Crippen molar-refractivity contribution in [2.75, 3.05) is 39.6 Å². The summed E-state index contributed by atoms with van der Waals surface area (Å²) in [5, 5.41) is 2.02. The summed E-state index contributed by atoms with van der Waals surface area (Å²) >= 11 is 1.67. The number of halogens is 1. The van der Waals surface area contributed by atoms with Gasteiger partial charge in [0.25, 0.3) is 5.91 Å². The van der Waals surface area contributed by atoms with Crippen LogP contribution in [0, 0.1) is 5.82 Å². The molecule has 204 valence electrons. The second kappa shape index (κ2) is 11.2. The van der Waals surface area contributed by atoms with Crippen molar-refractivity contribution in [3.8, 4) is 17.2 Å². The van der Waals surface area contributed by atoms with Gasteiger partial charge in [-0.25, -0.2) is 4.39 Å². The van der Waals surface area contributed by atoms with Crippen molar-refractivity contribution in [3.63, 3.8) is 0 Å². The Balaban J connectivity index is 1.21. The molecular formula is C29H29FN2O6S. The maximum atomic E-state index is 13.8. The van der Waals surface area contributed by atoms with Crippen LogP contribution in [0.4, 0.5) is 4.39 Å². The van der Waals surface area contributed by atoms with Gasteiger partial charge in [-0.3, -0.25) is 9.59 Å². The number of nitrogens with zero attached hydrogens (tertiary/aromatic N) is 2. The van der Waals surface area contributed by atoms with E-state index in [0.717, 1.165) is 24.8 Å². The number of amides is 2. The first-order chi connectivity index (χ1) is 19.0. The first kappa shape index (κ1) is 25.6. The van der Waals surface area contributed by atoms with Crippen molar-refractivity contribution >= 4 is 23.2 Å². The van der Waals surface area contributed by atoms with Gasteiger partial charge < -0.3 is 28.7 Å². The number of hydrogen-bond acceptors (Lipinski definition) is 7. The summed E-state index contributed by atoms with van der Waals surface area (Å²) in [5.74, 6) is 0.885. The zero-order valence-corrected chi connectivity index (χ0v) is 22.2. The number of carbonyl (C=O) groups excluding carboxylic acids is 2. The fourth-order valence-corrected chi connectivity index (χ4v) is 6.23. The van der Waals surface area contributed by atoms with Crippen LogP contribution in [-0.2, 0) is 16.0 Å². The van der Waals surface area contributed by atoms with E-state index in [0.29, 0.717) is 42.5 Å². The molecule has 1 saturated heterocycles. The quantitative estimate of drug-likeness (QED) is 0.411. The summed E-state index contributed by atoms with van der Waals surface area (Å²) in [7, 11) is 0. The fourth-order valence-electron chi connectivity index (χ4n) is 5.30. The second-order valence-corrected chi connectivity index (χ2v) is 10.8. The van der Waals surface area contributed by atoms with Gasteiger partial charge in [-0.05, 0) is 78.7 Å². The molecule has 1 aromatic heterocycles. The van der Waals surface area contributed by atoms with Gasteiger partial charge in [-0.15, -0.1) is 11.3 Å². The number of fused-ring (bicyclic) bond motifs is 2. The van der Waals surface area contributed by atoms with Gasteiger partial charge in [0, 0.05) is 30.1 Å². The first-order valence-corrected chi connectivity index (χ1v) is 14.0. The lowest BCUT2D eigenvalue weighted by atomic mass is 10.00. The van der Waals surface area contributed by atoms with Crippen molar-refractivity contribution in [2.24, 2.45) is 0 Å². The molecule has 0 aliphatic carbocycles. The molecule has 0 N–H and O–H groups in total. The number of thiophene rings is 1. The molecule has 10 heteroatoms. The molecule has 1 fully saturated rings.